The molecule has 2 aromatic rings. The van der Waals surface area contributed by atoms with Crippen LogP contribution in [0.1, 0.15) is 29.7 Å². The first-order valence-corrected chi connectivity index (χ1v) is 8.42. The van der Waals surface area contributed by atoms with E-state index in [1.54, 1.807) is 11.1 Å². The Morgan fingerprint density at radius 2 is 2.11 bits per heavy atom. The van der Waals surface area contributed by atoms with Gasteiger partial charge in [-0.25, -0.2) is 4.39 Å². The number of aryl methyl sites for hydroxylation is 1. The highest BCUT2D eigenvalue weighted by atomic mass is 19.4. The number of alkyl halides is 3. The molecule has 1 aromatic carbocycles. The molecule has 1 aliphatic heterocycles. The molecule has 1 aliphatic rings. The van der Waals surface area contributed by atoms with Crippen LogP contribution in [0.2, 0.25) is 0 Å². The van der Waals surface area contributed by atoms with Crippen LogP contribution in [0.15, 0.2) is 24.4 Å². The van der Waals surface area contributed by atoms with E-state index >= 15 is 0 Å². The largest absolute Gasteiger partial charge is 0.416 e. The SMILES string of the molecule is O=C(CCCc1cn[nH]n1)N1CC(OCc2ccc(C(F)(F)F)cc2F)C1. The minimum absolute atomic E-state index is 0.000874. The highest BCUT2D eigenvalue weighted by molar-refractivity contribution is 5.77. The number of nitrogens with zero attached hydrogens (tertiary/aromatic N) is 3. The molecule has 0 saturated carbocycles. The minimum atomic E-state index is -4.58. The zero-order valence-corrected chi connectivity index (χ0v) is 14.3. The van der Waals surface area contributed by atoms with Gasteiger partial charge in [-0.2, -0.15) is 28.6 Å². The number of aromatic nitrogens is 3. The number of benzene rings is 1. The maximum absolute atomic E-state index is 13.8. The predicted octanol–water partition coefficient (Wildman–Crippen LogP) is 2.71. The molecule has 1 fully saturated rings. The van der Waals surface area contributed by atoms with E-state index in [1.807, 2.05) is 0 Å². The molecule has 1 N–H and O–H groups in total. The smallest absolute Gasteiger partial charge is 0.370 e. The summed E-state index contributed by atoms with van der Waals surface area (Å²) in [5.74, 6) is -0.955. The maximum Gasteiger partial charge on any atom is 0.416 e. The van der Waals surface area contributed by atoms with Crippen LogP contribution in [-0.4, -0.2) is 45.4 Å². The van der Waals surface area contributed by atoms with Crippen molar-refractivity contribution in [1.82, 2.24) is 20.3 Å². The van der Waals surface area contributed by atoms with Crippen molar-refractivity contribution in [3.8, 4) is 0 Å². The fraction of sp³-hybridized carbons (Fsp3) is 0.471. The molecule has 146 valence electrons. The number of carbonyl (C=O) groups excluding carboxylic acids is 1. The minimum Gasteiger partial charge on any atom is -0.370 e. The Kier molecular flexibility index (Phi) is 5.73. The fourth-order valence-corrected chi connectivity index (χ4v) is 2.72. The highest BCUT2D eigenvalue weighted by Crippen LogP contribution is 2.30. The summed E-state index contributed by atoms with van der Waals surface area (Å²) in [4.78, 5) is 13.7. The lowest BCUT2D eigenvalue weighted by Gasteiger charge is -2.39. The number of carbonyl (C=O) groups is 1. The lowest BCUT2D eigenvalue weighted by atomic mass is 10.1. The molecule has 0 unspecified atom stereocenters. The number of likely N-dealkylation sites (tertiary alicyclic amines) is 1. The van der Waals surface area contributed by atoms with Crippen LogP contribution >= 0.6 is 0 Å². The van der Waals surface area contributed by atoms with Gasteiger partial charge in [0.2, 0.25) is 5.91 Å². The van der Waals surface area contributed by atoms with Gasteiger partial charge in [0, 0.05) is 25.1 Å². The molecule has 3 rings (SSSR count). The van der Waals surface area contributed by atoms with E-state index in [2.05, 4.69) is 15.4 Å². The average molecular weight is 386 g/mol. The van der Waals surface area contributed by atoms with Crippen molar-refractivity contribution in [2.24, 2.45) is 0 Å². The van der Waals surface area contributed by atoms with E-state index in [-0.39, 0.29) is 24.2 Å². The van der Waals surface area contributed by atoms with E-state index in [0.29, 0.717) is 38.4 Å². The number of aromatic amines is 1. The molecule has 0 aliphatic carbocycles. The summed E-state index contributed by atoms with van der Waals surface area (Å²) in [5, 5.41) is 10.1. The zero-order valence-electron chi connectivity index (χ0n) is 14.3. The number of halogens is 4. The molecule has 27 heavy (non-hydrogen) atoms. The van der Waals surface area contributed by atoms with Gasteiger partial charge >= 0.3 is 6.18 Å². The van der Waals surface area contributed by atoms with Crippen molar-refractivity contribution >= 4 is 5.91 Å². The monoisotopic (exact) mass is 386 g/mol. The van der Waals surface area contributed by atoms with Crippen molar-refractivity contribution in [2.75, 3.05) is 13.1 Å². The van der Waals surface area contributed by atoms with Gasteiger partial charge in [-0.15, -0.1) is 0 Å². The summed E-state index contributed by atoms with van der Waals surface area (Å²) in [7, 11) is 0. The lowest BCUT2D eigenvalue weighted by molar-refractivity contribution is -0.146. The van der Waals surface area contributed by atoms with E-state index in [9.17, 15) is 22.4 Å². The molecule has 0 bridgehead atoms. The first kappa shape index (κ1) is 19.3. The summed E-state index contributed by atoms with van der Waals surface area (Å²) in [6, 6.07) is 2.36. The maximum atomic E-state index is 13.8. The van der Waals surface area contributed by atoms with Crippen LogP contribution in [0.4, 0.5) is 17.6 Å². The molecule has 1 aromatic heterocycles. The number of H-pyrrole nitrogens is 1. The Morgan fingerprint density at radius 3 is 2.74 bits per heavy atom. The third kappa shape index (κ3) is 5.03. The number of amides is 1. The van der Waals surface area contributed by atoms with Gasteiger partial charge in [0.05, 0.1) is 30.2 Å². The van der Waals surface area contributed by atoms with Crippen molar-refractivity contribution in [3.63, 3.8) is 0 Å². The second kappa shape index (κ2) is 8.03. The Morgan fingerprint density at radius 1 is 1.33 bits per heavy atom. The summed E-state index contributed by atoms with van der Waals surface area (Å²) in [6.45, 7) is 0.652. The molecule has 10 heteroatoms. The molecule has 0 atom stereocenters. The van der Waals surface area contributed by atoms with Crippen LogP contribution in [0.25, 0.3) is 0 Å². The van der Waals surface area contributed by atoms with E-state index in [4.69, 9.17) is 4.74 Å². The van der Waals surface area contributed by atoms with Gasteiger partial charge in [-0.05, 0) is 25.0 Å². The predicted molar refractivity (Wildman–Crippen MR) is 85.9 cm³/mol. The summed E-state index contributed by atoms with van der Waals surface area (Å²) in [6.07, 6.45) is -1.52. The van der Waals surface area contributed by atoms with Gasteiger partial charge in [-0.3, -0.25) is 4.79 Å². The van der Waals surface area contributed by atoms with Crippen molar-refractivity contribution < 1.29 is 27.1 Å². The van der Waals surface area contributed by atoms with E-state index in [1.165, 1.54) is 0 Å². The molecule has 1 amide bonds. The lowest BCUT2D eigenvalue weighted by Crippen LogP contribution is -2.54. The Labute approximate surface area is 152 Å². The number of rotatable bonds is 7. The molecule has 0 radical (unpaired) electrons. The Hall–Kier alpha value is -2.49. The molecular formula is C17H18F4N4O2. The van der Waals surface area contributed by atoms with Gasteiger partial charge in [-0.1, -0.05) is 6.07 Å². The number of nitrogens with one attached hydrogen (secondary N) is 1. The molecule has 6 nitrogen and oxygen atoms in total. The first-order valence-electron chi connectivity index (χ1n) is 8.42. The van der Waals surface area contributed by atoms with Crippen LogP contribution in [0, 0.1) is 5.82 Å². The Bertz CT molecular complexity index is 774. The van der Waals surface area contributed by atoms with E-state index in [0.717, 1.165) is 17.8 Å². The average Bonchev–Trinajstić information content (AvgIpc) is 3.07. The van der Waals surface area contributed by atoms with Crippen LogP contribution in [0.3, 0.4) is 0 Å². The van der Waals surface area contributed by atoms with Gasteiger partial charge in [0.15, 0.2) is 0 Å². The van der Waals surface area contributed by atoms with Crippen molar-refractivity contribution in [3.05, 3.63) is 47.0 Å². The topological polar surface area (TPSA) is 71.1 Å². The molecule has 1 saturated heterocycles. The molecule has 0 spiro atoms. The van der Waals surface area contributed by atoms with Crippen LogP contribution in [-0.2, 0) is 28.7 Å². The van der Waals surface area contributed by atoms with Gasteiger partial charge < -0.3 is 9.64 Å². The third-order valence-corrected chi connectivity index (χ3v) is 4.34. The standard InChI is InChI=1S/C17H18F4N4O2/c18-15-6-12(17(19,20)21)5-4-11(15)10-27-14-8-25(9-14)16(26)3-1-2-13-7-22-24-23-13/h4-7,14H,1-3,8-10H2,(H,22,23,24). The van der Waals surface area contributed by atoms with Gasteiger partial charge in [0.1, 0.15) is 5.82 Å². The second-order valence-corrected chi connectivity index (χ2v) is 6.35. The van der Waals surface area contributed by atoms with E-state index < -0.39 is 17.6 Å². The van der Waals surface area contributed by atoms with Crippen molar-refractivity contribution in [2.45, 2.75) is 38.1 Å². The quantitative estimate of drug-likeness (QED) is 0.743. The van der Waals surface area contributed by atoms with Crippen LogP contribution in [0.5, 0.6) is 0 Å². The first-order chi connectivity index (χ1) is 12.8. The number of hydrogen-bond acceptors (Lipinski definition) is 4. The highest BCUT2D eigenvalue weighted by Gasteiger charge is 2.32. The normalized spacial score (nSPS) is 15.0. The second-order valence-electron chi connectivity index (χ2n) is 6.35. The number of ether oxygens (including phenoxy) is 1. The zero-order chi connectivity index (χ0) is 19.4. The Balaban J connectivity index is 1.37. The van der Waals surface area contributed by atoms with Crippen molar-refractivity contribution in [1.29, 1.82) is 0 Å². The summed E-state index contributed by atoms with van der Waals surface area (Å²) in [5.41, 5.74) is -0.179. The van der Waals surface area contributed by atoms with Crippen LogP contribution < -0.4 is 0 Å². The third-order valence-electron chi connectivity index (χ3n) is 4.34. The summed E-state index contributed by atoms with van der Waals surface area (Å²) < 4.78 is 56.8. The molecule has 2 heterocycles. The summed E-state index contributed by atoms with van der Waals surface area (Å²) >= 11 is 0. The number of hydrogen-bond donors (Lipinski definition) is 1. The fourth-order valence-electron chi connectivity index (χ4n) is 2.72. The molecular weight excluding hydrogens is 368 g/mol. The van der Waals surface area contributed by atoms with Gasteiger partial charge in [0.25, 0.3) is 0 Å².